The van der Waals surface area contributed by atoms with Gasteiger partial charge in [0.1, 0.15) is 4.90 Å². The van der Waals surface area contributed by atoms with Crippen LogP contribution in [0.5, 0.6) is 0 Å². The molecule has 1 aromatic carbocycles. The summed E-state index contributed by atoms with van der Waals surface area (Å²) in [4.78, 5) is 0.150. The second-order valence-electron chi connectivity index (χ2n) is 5.72. The maximum absolute atomic E-state index is 12.6. The highest BCUT2D eigenvalue weighted by atomic mass is 35.5. The van der Waals surface area contributed by atoms with E-state index >= 15 is 0 Å². The minimum absolute atomic E-state index is 0.150. The number of aromatic nitrogens is 4. The number of sulfonamides is 1. The first-order valence-electron chi connectivity index (χ1n) is 7.81. The average molecular weight is 414 g/mol. The first-order valence-corrected chi connectivity index (χ1v) is 10.1. The van der Waals surface area contributed by atoms with Crippen LogP contribution in [0.2, 0.25) is 10.0 Å². The molecule has 3 aromatic rings. The van der Waals surface area contributed by atoms with Crippen molar-refractivity contribution in [3.05, 3.63) is 58.1 Å². The zero-order valence-corrected chi connectivity index (χ0v) is 16.5. The fourth-order valence-electron chi connectivity index (χ4n) is 2.46. The van der Waals surface area contributed by atoms with E-state index in [1.807, 2.05) is 13.0 Å². The van der Waals surface area contributed by atoms with Gasteiger partial charge in [-0.05, 0) is 31.5 Å². The molecule has 1 N–H and O–H groups in total. The van der Waals surface area contributed by atoms with Gasteiger partial charge in [-0.25, -0.2) is 8.42 Å². The van der Waals surface area contributed by atoms with Crippen LogP contribution in [0.1, 0.15) is 18.2 Å². The van der Waals surface area contributed by atoms with E-state index in [1.54, 1.807) is 34.6 Å². The number of nitrogens with one attached hydrogen (secondary N) is 1. The summed E-state index contributed by atoms with van der Waals surface area (Å²) in [6.45, 7) is 4.58. The van der Waals surface area contributed by atoms with Crippen molar-refractivity contribution in [2.75, 3.05) is 4.72 Å². The Morgan fingerprint density at radius 2 is 1.92 bits per heavy atom. The lowest BCUT2D eigenvalue weighted by Crippen LogP contribution is -2.13. The zero-order valence-electron chi connectivity index (χ0n) is 14.1. The van der Waals surface area contributed by atoms with Gasteiger partial charge in [-0.2, -0.15) is 10.2 Å². The molecule has 0 atom stereocenters. The van der Waals surface area contributed by atoms with Crippen molar-refractivity contribution in [2.45, 2.75) is 31.8 Å². The van der Waals surface area contributed by atoms with Crippen LogP contribution in [0.3, 0.4) is 0 Å². The zero-order chi connectivity index (χ0) is 18.9. The third kappa shape index (κ3) is 4.03. The van der Waals surface area contributed by atoms with Crippen molar-refractivity contribution < 1.29 is 8.42 Å². The number of rotatable bonds is 6. The molecular formula is C16H17Cl2N5O2S. The van der Waals surface area contributed by atoms with Gasteiger partial charge in [0.25, 0.3) is 10.0 Å². The maximum atomic E-state index is 12.6. The van der Waals surface area contributed by atoms with Crippen LogP contribution in [0, 0.1) is 6.92 Å². The highest BCUT2D eigenvalue weighted by Crippen LogP contribution is 2.23. The second kappa shape index (κ2) is 7.30. The topological polar surface area (TPSA) is 81.8 Å². The van der Waals surface area contributed by atoms with Crippen molar-refractivity contribution in [1.82, 2.24) is 19.6 Å². The lowest BCUT2D eigenvalue weighted by Gasteiger charge is -2.05. The third-order valence-corrected chi connectivity index (χ3v) is 5.95. The molecule has 7 nitrogen and oxygen atoms in total. The maximum Gasteiger partial charge on any atom is 0.265 e. The average Bonchev–Trinajstić information content (AvgIpc) is 3.17. The Morgan fingerprint density at radius 3 is 2.58 bits per heavy atom. The smallest absolute Gasteiger partial charge is 0.265 e. The van der Waals surface area contributed by atoms with Crippen LogP contribution >= 0.6 is 23.2 Å². The van der Waals surface area contributed by atoms with E-state index < -0.39 is 10.0 Å². The Labute approximate surface area is 161 Å². The first-order chi connectivity index (χ1) is 12.3. The summed E-state index contributed by atoms with van der Waals surface area (Å²) in [5, 5.41) is 9.28. The fourth-order valence-corrected chi connectivity index (χ4v) is 4.00. The van der Waals surface area contributed by atoms with E-state index in [9.17, 15) is 8.42 Å². The predicted molar refractivity (Wildman–Crippen MR) is 101 cm³/mol. The Kier molecular flexibility index (Phi) is 5.27. The van der Waals surface area contributed by atoms with Crippen LogP contribution in [0.25, 0.3) is 0 Å². The molecule has 2 heterocycles. The van der Waals surface area contributed by atoms with Gasteiger partial charge in [-0.3, -0.25) is 14.1 Å². The Bertz CT molecular complexity index is 1040. The highest BCUT2D eigenvalue weighted by molar-refractivity contribution is 7.92. The number of aryl methyl sites for hydroxylation is 2. The van der Waals surface area contributed by atoms with Crippen LogP contribution in [-0.2, 0) is 23.1 Å². The molecule has 0 radical (unpaired) electrons. The van der Waals surface area contributed by atoms with Crippen molar-refractivity contribution in [3.63, 3.8) is 0 Å². The minimum Gasteiger partial charge on any atom is -0.276 e. The summed E-state index contributed by atoms with van der Waals surface area (Å²) in [5.74, 6) is 0. The number of anilines is 1. The van der Waals surface area contributed by atoms with Gasteiger partial charge in [0, 0.05) is 18.9 Å². The molecule has 0 aliphatic carbocycles. The van der Waals surface area contributed by atoms with Crippen molar-refractivity contribution in [1.29, 1.82) is 0 Å². The number of hydrogen-bond donors (Lipinski definition) is 1. The molecule has 0 aliphatic heterocycles. The SMILES string of the molecule is CCn1cc(S(=O)(=O)Nc2cnn(Cc3ccc(Cl)c(Cl)c3)c2)c(C)n1. The lowest BCUT2D eigenvalue weighted by molar-refractivity contribution is 0.600. The number of hydrogen-bond acceptors (Lipinski definition) is 4. The molecule has 0 amide bonds. The van der Waals surface area contributed by atoms with Crippen LogP contribution in [0.4, 0.5) is 5.69 Å². The highest BCUT2D eigenvalue weighted by Gasteiger charge is 2.21. The normalized spacial score (nSPS) is 11.7. The quantitative estimate of drug-likeness (QED) is 0.669. The van der Waals surface area contributed by atoms with E-state index in [1.165, 1.54) is 12.4 Å². The Hall–Kier alpha value is -2.03. The standard InChI is InChI=1S/C16H17Cl2N5O2S/c1-3-22-10-16(11(2)20-22)26(24,25)21-13-7-19-23(9-13)8-12-4-5-14(17)15(18)6-12/h4-7,9-10,21H,3,8H2,1-2H3. The summed E-state index contributed by atoms with van der Waals surface area (Å²) < 4.78 is 30.9. The molecule has 26 heavy (non-hydrogen) atoms. The van der Waals surface area contributed by atoms with Crippen molar-refractivity contribution >= 4 is 38.9 Å². The molecule has 0 spiro atoms. The molecule has 0 fully saturated rings. The third-order valence-electron chi connectivity index (χ3n) is 3.73. The fraction of sp³-hybridized carbons (Fsp3) is 0.250. The van der Waals surface area contributed by atoms with Crippen LogP contribution in [-0.4, -0.2) is 28.0 Å². The molecule has 0 bridgehead atoms. The van der Waals surface area contributed by atoms with E-state index in [4.69, 9.17) is 23.2 Å². The predicted octanol–water partition coefficient (Wildman–Crippen LogP) is 3.56. The van der Waals surface area contributed by atoms with E-state index in [0.29, 0.717) is 34.5 Å². The summed E-state index contributed by atoms with van der Waals surface area (Å²) in [6, 6.07) is 5.29. The molecule has 0 saturated heterocycles. The van der Waals surface area contributed by atoms with Gasteiger partial charge >= 0.3 is 0 Å². The number of halogens is 2. The van der Waals surface area contributed by atoms with Gasteiger partial charge in [0.2, 0.25) is 0 Å². The van der Waals surface area contributed by atoms with E-state index in [0.717, 1.165) is 5.56 Å². The molecule has 0 unspecified atom stereocenters. The molecule has 2 aromatic heterocycles. The minimum atomic E-state index is -3.73. The number of benzene rings is 1. The van der Waals surface area contributed by atoms with E-state index in [2.05, 4.69) is 14.9 Å². The molecule has 0 saturated carbocycles. The molecule has 138 valence electrons. The molecule has 3 rings (SSSR count). The van der Waals surface area contributed by atoms with Crippen LogP contribution in [0.15, 0.2) is 41.7 Å². The molecule has 10 heteroatoms. The second-order valence-corrected chi connectivity index (χ2v) is 8.18. The molecule has 0 aliphatic rings. The largest absolute Gasteiger partial charge is 0.276 e. The van der Waals surface area contributed by atoms with Gasteiger partial charge in [-0.15, -0.1) is 0 Å². The van der Waals surface area contributed by atoms with Crippen LogP contribution < -0.4 is 4.72 Å². The Morgan fingerprint density at radius 1 is 1.15 bits per heavy atom. The van der Waals surface area contributed by atoms with Gasteiger partial charge in [0.15, 0.2) is 0 Å². The monoisotopic (exact) mass is 413 g/mol. The lowest BCUT2D eigenvalue weighted by atomic mass is 10.2. The van der Waals surface area contributed by atoms with Crippen molar-refractivity contribution in [3.8, 4) is 0 Å². The van der Waals surface area contributed by atoms with E-state index in [-0.39, 0.29) is 4.90 Å². The Balaban J connectivity index is 1.77. The summed E-state index contributed by atoms with van der Waals surface area (Å²) in [7, 11) is -3.73. The molecular weight excluding hydrogens is 397 g/mol. The van der Waals surface area contributed by atoms with Gasteiger partial charge in [0.05, 0.1) is 34.2 Å². The summed E-state index contributed by atoms with van der Waals surface area (Å²) >= 11 is 11.9. The van der Waals surface area contributed by atoms with Gasteiger partial charge in [-0.1, -0.05) is 29.3 Å². The summed E-state index contributed by atoms with van der Waals surface area (Å²) in [5.41, 5.74) is 1.72. The first kappa shape index (κ1) is 18.8. The van der Waals surface area contributed by atoms with Crippen molar-refractivity contribution in [2.24, 2.45) is 0 Å². The van der Waals surface area contributed by atoms with Gasteiger partial charge < -0.3 is 0 Å². The number of nitrogens with zero attached hydrogens (tertiary/aromatic N) is 4. The summed E-state index contributed by atoms with van der Waals surface area (Å²) in [6.07, 6.45) is 4.58.